The molecule has 0 unspecified atom stereocenters. The molecule has 0 saturated carbocycles. The van der Waals surface area contributed by atoms with Crippen molar-refractivity contribution < 1.29 is 32.5 Å². The number of carbonyl (C=O) groups is 1. The number of carbonyl (C=O) groups excluding carboxylic acids is 1. The monoisotopic (exact) mass is 580 g/mol. The molecule has 11 heteroatoms. The summed E-state index contributed by atoms with van der Waals surface area (Å²) in [6.45, 7) is 1.03. The SMILES string of the molecule is COc1ccc(S(=O)(=O)N(CCO)CCO[C@@H]2C[C@H](c3ccc(Br)cc3)C=C(C(=O)N3CC3)O2)cc1. The van der Waals surface area contributed by atoms with Crippen LogP contribution in [0.5, 0.6) is 5.75 Å². The van der Waals surface area contributed by atoms with Crippen LogP contribution in [0.15, 0.2) is 69.7 Å². The standard InChI is InChI=1S/C25H29BrN2O7S/c1-33-21-6-8-22(9-7-21)36(31,32)28(12-14-29)13-15-34-24-17-19(18-2-4-20(26)5-3-18)16-23(35-24)25(30)27-10-11-27/h2-9,16,19,24,29H,10-15,17H2,1H3/t19-,24+/m1/s1. The third kappa shape index (κ3) is 6.46. The zero-order valence-corrected chi connectivity index (χ0v) is 22.3. The molecule has 1 amide bonds. The first-order valence-electron chi connectivity index (χ1n) is 11.6. The van der Waals surface area contributed by atoms with Crippen molar-refractivity contribution in [3.8, 4) is 5.75 Å². The van der Waals surface area contributed by atoms with Gasteiger partial charge in [-0.2, -0.15) is 4.31 Å². The Morgan fingerprint density at radius 1 is 1.14 bits per heavy atom. The van der Waals surface area contributed by atoms with Gasteiger partial charge in [-0.05, 0) is 48.0 Å². The minimum atomic E-state index is -3.86. The number of halogens is 1. The van der Waals surface area contributed by atoms with Gasteiger partial charge in [-0.15, -0.1) is 0 Å². The van der Waals surface area contributed by atoms with Gasteiger partial charge < -0.3 is 24.2 Å². The quantitative estimate of drug-likeness (QED) is 0.407. The molecule has 1 N–H and O–H groups in total. The van der Waals surface area contributed by atoms with Crippen LogP contribution in [-0.4, -0.2) is 81.4 Å². The van der Waals surface area contributed by atoms with Gasteiger partial charge in [0.2, 0.25) is 16.3 Å². The van der Waals surface area contributed by atoms with Crippen LogP contribution in [0.1, 0.15) is 17.9 Å². The average molecular weight is 581 g/mol. The third-order valence-electron chi connectivity index (χ3n) is 5.99. The Balaban J connectivity index is 1.43. The second-order valence-corrected chi connectivity index (χ2v) is 11.3. The highest BCUT2D eigenvalue weighted by atomic mass is 79.9. The molecular formula is C25H29BrN2O7S. The summed E-state index contributed by atoms with van der Waals surface area (Å²) in [7, 11) is -2.35. The van der Waals surface area contributed by atoms with Gasteiger partial charge in [0.15, 0.2) is 5.76 Å². The van der Waals surface area contributed by atoms with Crippen LogP contribution in [0.4, 0.5) is 0 Å². The average Bonchev–Trinajstić information content (AvgIpc) is 3.73. The topological polar surface area (TPSA) is 105 Å². The molecule has 0 radical (unpaired) electrons. The minimum Gasteiger partial charge on any atom is -0.497 e. The Morgan fingerprint density at radius 3 is 2.44 bits per heavy atom. The molecule has 1 fully saturated rings. The number of nitrogens with zero attached hydrogens (tertiary/aromatic N) is 2. The Labute approximate surface area is 219 Å². The maximum Gasteiger partial charge on any atom is 0.288 e. The van der Waals surface area contributed by atoms with E-state index in [0.717, 1.165) is 10.0 Å². The molecule has 1 saturated heterocycles. The van der Waals surface area contributed by atoms with Crippen LogP contribution in [0, 0.1) is 0 Å². The summed E-state index contributed by atoms with van der Waals surface area (Å²) in [4.78, 5) is 14.5. The van der Waals surface area contributed by atoms with Crippen molar-refractivity contribution in [2.45, 2.75) is 23.5 Å². The molecule has 2 atom stereocenters. The van der Waals surface area contributed by atoms with Gasteiger partial charge in [-0.1, -0.05) is 28.1 Å². The van der Waals surface area contributed by atoms with Gasteiger partial charge in [0.1, 0.15) is 5.75 Å². The number of amides is 1. The van der Waals surface area contributed by atoms with E-state index in [4.69, 9.17) is 14.2 Å². The van der Waals surface area contributed by atoms with E-state index in [-0.39, 0.29) is 48.8 Å². The van der Waals surface area contributed by atoms with Gasteiger partial charge in [0.05, 0.1) is 25.2 Å². The summed E-state index contributed by atoms with van der Waals surface area (Å²) < 4.78 is 45.3. The first-order chi connectivity index (χ1) is 17.3. The van der Waals surface area contributed by atoms with E-state index in [1.165, 1.54) is 23.5 Å². The summed E-state index contributed by atoms with van der Waals surface area (Å²) in [5.41, 5.74) is 1.02. The van der Waals surface area contributed by atoms with Gasteiger partial charge in [-0.25, -0.2) is 8.42 Å². The van der Waals surface area contributed by atoms with Crippen LogP contribution >= 0.6 is 15.9 Å². The van der Waals surface area contributed by atoms with Crippen LogP contribution in [0.2, 0.25) is 0 Å². The highest BCUT2D eigenvalue weighted by Crippen LogP contribution is 2.33. The summed E-state index contributed by atoms with van der Waals surface area (Å²) in [5.74, 6) is 0.526. The molecule has 0 aliphatic carbocycles. The Morgan fingerprint density at radius 2 is 1.83 bits per heavy atom. The second kappa shape index (κ2) is 11.7. The number of sulfonamides is 1. The smallest absolute Gasteiger partial charge is 0.288 e. The fourth-order valence-corrected chi connectivity index (χ4v) is 5.59. The Bertz CT molecular complexity index is 1180. The molecule has 0 bridgehead atoms. The number of aliphatic hydroxyl groups excluding tert-OH is 1. The van der Waals surface area contributed by atoms with Gasteiger partial charge in [0.25, 0.3) is 5.91 Å². The van der Waals surface area contributed by atoms with E-state index in [2.05, 4.69) is 15.9 Å². The lowest BCUT2D eigenvalue weighted by Gasteiger charge is -2.30. The van der Waals surface area contributed by atoms with Crippen LogP contribution in [-0.2, 0) is 24.3 Å². The lowest BCUT2D eigenvalue weighted by Crippen LogP contribution is -2.37. The maximum atomic E-state index is 13.1. The first kappa shape index (κ1) is 26.6. The number of hydrogen-bond donors (Lipinski definition) is 1. The highest BCUT2D eigenvalue weighted by Gasteiger charge is 2.34. The fourth-order valence-electron chi connectivity index (χ4n) is 3.91. The van der Waals surface area contributed by atoms with Crippen molar-refractivity contribution in [2.75, 3.05) is 46.5 Å². The molecule has 4 rings (SSSR count). The van der Waals surface area contributed by atoms with E-state index in [0.29, 0.717) is 25.3 Å². The molecule has 2 aromatic rings. The molecule has 194 valence electrons. The molecular weight excluding hydrogens is 552 g/mol. The van der Waals surface area contributed by atoms with Crippen molar-refractivity contribution in [3.63, 3.8) is 0 Å². The molecule has 0 aromatic heterocycles. The number of rotatable bonds is 11. The zero-order chi connectivity index (χ0) is 25.7. The Hall–Kier alpha value is -2.44. The third-order valence-corrected chi connectivity index (χ3v) is 8.43. The second-order valence-electron chi connectivity index (χ2n) is 8.44. The normalized spacial score (nSPS) is 19.6. The van der Waals surface area contributed by atoms with Crippen molar-refractivity contribution in [1.82, 2.24) is 9.21 Å². The number of ether oxygens (including phenoxy) is 3. The summed E-state index contributed by atoms with van der Waals surface area (Å²) in [5, 5.41) is 9.47. The van der Waals surface area contributed by atoms with E-state index in [1.807, 2.05) is 30.3 Å². The van der Waals surface area contributed by atoms with Crippen LogP contribution in [0.3, 0.4) is 0 Å². The molecule has 36 heavy (non-hydrogen) atoms. The largest absolute Gasteiger partial charge is 0.497 e. The van der Waals surface area contributed by atoms with Gasteiger partial charge >= 0.3 is 0 Å². The number of methoxy groups -OCH3 is 1. The summed E-state index contributed by atoms with van der Waals surface area (Å²) >= 11 is 3.44. The Kier molecular flexibility index (Phi) is 8.68. The number of allylic oxidation sites excluding steroid dienone is 1. The minimum absolute atomic E-state index is 0.0108. The van der Waals surface area contributed by atoms with E-state index >= 15 is 0 Å². The number of hydrogen-bond acceptors (Lipinski definition) is 7. The van der Waals surface area contributed by atoms with E-state index in [9.17, 15) is 18.3 Å². The van der Waals surface area contributed by atoms with Crippen molar-refractivity contribution in [3.05, 3.63) is 70.4 Å². The molecule has 2 aliphatic heterocycles. The van der Waals surface area contributed by atoms with E-state index in [1.54, 1.807) is 17.0 Å². The maximum absolute atomic E-state index is 13.1. The lowest BCUT2D eigenvalue weighted by atomic mass is 9.93. The number of aliphatic hydroxyl groups is 1. The first-order valence-corrected chi connectivity index (χ1v) is 13.8. The van der Waals surface area contributed by atoms with Crippen LogP contribution < -0.4 is 4.74 Å². The number of benzene rings is 2. The van der Waals surface area contributed by atoms with Crippen molar-refractivity contribution >= 4 is 31.9 Å². The fraction of sp³-hybridized carbons (Fsp3) is 0.400. The van der Waals surface area contributed by atoms with E-state index < -0.39 is 16.3 Å². The lowest BCUT2D eigenvalue weighted by molar-refractivity contribution is -0.149. The predicted octanol–water partition coefficient (Wildman–Crippen LogP) is 2.71. The zero-order valence-electron chi connectivity index (χ0n) is 19.9. The van der Waals surface area contributed by atoms with Crippen LogP contribution in [0.25, 0.3) is 0 Å². The molecule has 9 nitrogen and oxygen atoms in total. The highest BCUT2D eigenvalue weighted by molar-refractivity contribution is 9.10. The summed E-state index contributed by atoms with van der Waals surface area (Å²) in [6.07, 6.45) is 1.58. The predicted molar refractivity (Wildman–Crippen MR) is 136 cm³/mol. The van der Waals surface area contributed by atoms with Crippen molar-refractivity contribution in [1.29, 1.82) is 0 Å². The van der Waals surface area contributed by atoms with Crippen molar-refractivity contribution in [2.24, 2.45) is 0 Å². The van der Waals surface area contributed by atoms with Gasteiger partial charge in [-0.3, -0.25) is 4.79 Å². The molecule has 2 aliphatic rings. The molecule has 2 aromatic carbocycles. The molecule has 0 spiro atoms. The van der Waals surface area contributed by atoms with Gasteiger partial charge in [0, 0.05) is 43.0 Å². The molecule has 2 heterocycles. The summed E-state index contributed by atoms with van der Waals surface area (Å²) in [6, 6.07) is 13.9.